The fraction of sp³-hybridized carbons (Fsp3) is 0.100. The number of hydrogen-bond acceptors (Lipinski definition) is 2. The molecule has 1 N–H and O–H groups in total. The summed E-state index contributed by atoms with van der Waals surface area (Å²) in [4.78, 5) is 23.5. The van der Waals surface area contributed by atoms with Gasteiger partial charge in [-0.25, -0.2) is 0 Å². The number of carbonyl (C=O) groups is 1. The highest BCUT2D eigenvalue weighted by molar-refractivity contribution is 6.30. The fourth-order valence-corrected chi connectivity index (χ4v) is 2.99. The molecule has 0 saturated heterocycles. The van der Waals surface area contributed by atoms with E-state index in [1.807, 2.05) is 30.3 Å². The molecule has 1 heterocycles. The zero-order valence-electron chi connectivity index (χ0n) is 13.4. The average Bonchev–Trinajstić information content (AvgIpc) is 2.58. The van der Waals surface area contributed by atoms with E-state index in [2.05, 4.69) is 0 Å². The van der Waals surface area contributed by atoms with E-state index < -0.39 is 5.97 Å². The first kappa shape index (κ1) is 17.0. The Hall–Kier alpha value is -2.85. The molecule has 0 saturated carbocycles. The Morgan fingerprint density at radius 1 is 1.12 bits per heavy atom. The highest BCUT2D eigenvalue weighted by Gasteiger charge is 2.09. The largest absolute Gasteiger partial charge is 0.480 e. The number of hydrogen-bond donors (Lipinski definition) is 1. The molecule has 3 aromatic rings. The van der Waals surface area contributed by atoms with Crippen LogP contribution in [0.15, 0.2) is 65.5 Å². The van der Waals surface area contributed by atoms with Crippen LogP contribution >= 0.6 is 11.6 Å². The summed E-state index contributed by atoms with van der Waals surface area (Å²) >= 11 is 5.97. The molecule has 0 aliphatic rings. The second-order valence-electron chi connectivity index (χ2n) is 5.67. The van der Waals surface area contributed by atoms with E-state index in [4.69, 9.17) is 11.6 Å². The van der Waals surface area contributed by atoms with E-state index in [1.165, 1.54) is 6.07 Å². The van der Waals surface area contributed by atoms with Gasteiger partial charge in [-0.3, -0.25) is 9.59 Å². The second kappa shape index (κ2) is 7.36. The summed E-state index contributed by atoms with van der Waals surface area (Å²) in [6.07, 6.45) is 4.31. The van der Waals surface area contributed by atoms with E-state index in [1.54, 1.807) is 34.9 Å². The van der Waals surface area contributed by atoms with Gasteiger partial charge in [0.25, 0.3) is 0 Å². The van der Waals surface area contributed by atoms with Gasteiger partial charge < -0.3 is 9.67 Å². The van der Waals surface area contributed by atoms with Gasteiger partial charge in [-0.2, -0.15) is 0 Å². The van der Waals surface area contributed by atoms with Crippen molar-refractivity contribution in [3.63, 3.8) is 0 Å². The van der Waals surface area contributed by atoms with Crippen molar-refractivity contribution in [1.82, 2.24) is 4.57 Å². The van der Waals surface area contributed by atoms with Crippen molar-refractivity contribution in [2.24, 2.45) is 0 Å². The molecular weight excluding hydrogens is 338 g/mol. The Balaban J connectivity index is 2.01. The lowest BCUT2D eigenvalue weighted by molar-refractivity contribution is -0.137. The van der Waals surface area contributed by atoms with Gasteiger partial charge in [-0.15, -0.1) is 0 Å². The summed E-state index contributed by atoms with van der Waals surface area (Å²) in [6, 6.07) is 16.0. The molecule has 0 atom stereocenters. The Kier molecular flexibility index (Phi) is 5.00. The lowest BCUT2D eigenvalue weighted by Crippen LogP contribution is -2.16. The maximum Gasteiger partial charge on any atom is 0.323 e. The third-order valence-electron chi connectivity index (χ3n) is 3.88. The molecule has 0 unspecified atom stereocenters. The average molecular weight is 354 g/mol. The zero-order chi connectivity index (χ0) is 17.8. The normalized spacial score (nSPS) is 11.2. The Morgan fingerprint density at radius 3 is 2.68 bits per heavy atom. The van der Waals surface area contributed by atoms with Crippen LogP contribution in [0.1, 0.15) is 11.3 Å². The molecule has 0 fully saturated rings. The van der Waals surface area contributed by atoms with Crippen molar-refractivity contribution in [3.8, 4) is 0 Å². The third kappa shape index (κ3) is 3.98. The monoisotopic (exact) mass is 353 g/mol. The number of rotatable bonds is 5. The van der Waals surface area contributed by atoms with Crippen LogP contribution in [0.4, 0.5) is 0 Å². The minimum Gasteiger partial charge on any atom is -0.480 e. The minimum atomic E-state index is -0.960. The molecule has 3 rings (SSSR count). The van der Waals surface area contributed by atoms with E-state index >= 15 is 0 Å². The van der Waals surface area contributed by atoms with Gasteiger partial charge in [0.05, 0.1) is 5.52 Å². The van der Waals surface area contributed by atoms with E-state index in [0.717, 1.165) is 5.56 Å². The van der Waals surface area contributed by atoms with Gasteiger partial charge in [0.15, 0.2) is 5.43 Å². The zero-order valence-corrected chi connectivity index (χ0v) is 14.1. The van der Waals surface area contributed by atoms with Crippen LogP contribution in [0.5, 0.6) is 0 Å². The van der Waals surface area contributed by atoms with Crippen LogP contribution in [0.2, 0.25) is 5.02 Å². The van der Waals surface area contributed by atoms with E-state index in [9.17, 15) is 14.7 Å². The number of aliphatic carboxylic acids is 1. The maximum atomic E-state index is 12.3. The Morgan fingerprint density at radius 2 is 1.92 bits per heavy atom. The summed E-state index contributed by atoms with van der Waals surface area (Å²) in [6.45, 7) is -0.211. The van der Waals surface area contributed by atoms with Crippen molar-refractivity contribution in [3.05, 3.63) is 87.2 Å². The van der Waals surface area contributed by atoms with Crippen LogP contribution in [-0.4, -0.2) is 15.6 Å². The molecule has 0 amide bonds. The van der Waals surface area contributed by atoms with Gasteiger partial charge >= 0.3 is 5.97 Å². The number of carboxylic acids is 1. The highest BCUT2D eigenvalue weighted by Crippen LogP contribution is 2.16. The Bertz CT molecular complexity index is 1020. The molecule has 2 aromatic carbocycles. The number of fused-ring (bicyclic) bond motifs is 1. The summed E-state index contributed by atoms with van der Waals surface area (Å²) in [7, 11) is 0. The van der Waals surface area contributed by atoms with E-state index in [0.29, 0.717) is 28.0 Å². The van der Waals surface area contributed by atoms with Crippen molar-refractivity contribution in [1.29, 1.82) is 0 Å². The van der Waals surface area contributed by atoms with Crippen LogP contribution in [0.25, 0.3) is 17.0 Å². The first-order valence-corrected chi connectivity index (χ1v) is 8.18. The number of para-hydroxylation sites is 1. The third-order valence-corrected chi connectivity index (χ3v) is 4.11. The summed E-state index contributed by atoms with van der Waals surface area (Å²) < 4.78 is 1.63. The number of carboxylic acid groups (broad SMARTS) is 1. The van der Waals surface area contributed by atoms with Gasteiger partial charge in [-0.1, -0.05) is 41.9 Å². The van der Waals surface area contributed by atoms with E-state index in [-0.39, 0.29) is 12.0 Å². The van der Waals surface area contributed by atoms with Crippen LogP contribution in [-0.2, 0) is 17.8 Å². The minimum absolute atomic E-state index is 0.125. The summed E-state index contributed by atoms with van der Waals surface area (Å²) in [5.41, 5.74) is 2.09. The molecule has 25 heavy (non-hydrogen) atoms. The molecule has 0 spiro atoms. The van der Waals surface area contributed by atoms with Crippen molar-refractivity contribution in [2.45, 2.75) is 13.0 Å². The van der Waals surface area contributed by atoms with Gasteiger partial charge in [0, 0.05) is 22.2 Å². The molecule has 1 aromatic heterocycles. The molecule has 0 radical (unpaired) electrons. The predicted octanol–water partition coefficient (Wildman–Crippen LogP) is 4.00. The predicted molar refractivity (Wildman–Crippen MR) is 100 cm³/mol. The number of aromatic nitrogens is 1. The Labute approximate surface area is 149 Å². The van der Waals surface area contributed by atoms with Crippen molar-refractivity contribution in [2.75, 3.05) is 0 Å². The quantitative estimate of drug-likeness (QED) is 0.754. The molecule has 0 bridgehead atoms. The SMILES string of the molecule is O=C(O)Cn1c(/C=C/Cc2cccc(Cl)c2)cc(=O)c2ccccc21. The second-order valence-corrected chi connectivity index (χ2v) is 6.10. The number of pyridine rings is 1. The highest BCUT2D eigenvalue weighted by atomic mass is 35.5. The molecule has 126 valence electrons. The van der Waals surface area contributed by atoms with Crippen molar-refractivity contribution >= 4 is 34.5 Å². The van der Waals surface area contributed by atoms with Crippen LogP contribution < -0.4 is 5.43 Å². The molecule has 0 aliphatic heterocycles. The number of nitrogens with zero attached hydrogens (tertiary/aromatic N) is 1. The topological polar surface area (TPSA) is 59.3 Å². The number of benzene rings is 2. The lowest BCUT2D eigenvalue weighted by Gasteiger charge is -2.12. The van der Waals surface area contributed by atoms with Crippen LogP contribution in [0.3, 0.4) is 0 Å². The standard InChI is InChI=1S/C20H16ClNO3/c21-15-7-3-5-14(11-15)6-4-8-16-12-19(23)17-9-1-2-10-18(17)22(16)13-20(24)25/h1-5,7-12H,6,13H2,(H,24,25)/b8-4+. The number of allylic oxidation sites excluding steroid dienone is 1. The van der Waals surface area contributed by atoms with Gasteiger partial charge in [0.2, 0.25) is 0 Å². The smallest absolute Gasteiger partial charge is 0.323 e. The fourth-order valence-electron chi connectivity index (χ4n) is 2.78. The molecule has 0 aliphatic carbocycles. The molecular formula is C20H16ClNO3. The van der Waals surface area contributed by atoms with Gasteiger partial charge in [0.1, 0.15) is 6.54 Å². The molecule has 5 heteroatoms. The van der Waals surface area contributed by atoms with Crippen LogP contribution in [0, 0.1) is 0 Å². The maximum absolute atomic E-state index is 12.3. The van der Waals surface area contributed by atoms with Crippen molar-refractivity contribution < 1.29 is 9.90 Å². The lowest BCUT2D eigenvalue weighted by atomic mass is 10.1. The van der Waals surface area contributed by atoms with Gasteiger partial charge in [-0.05, 0) is 42.3 Å². The first-order valence-electron chi connectivity index (χ1n) is 7.80. The summed E-state index contributed by atoms with van der Waals surface area (Å²) in [5.74, 6) is -0.960. The summed E-state index contributed by atoms with van der Waals surface area (Å²) in [5, 5.41) is 10.4. The number of halogens is 1. The first-order chi connectivity index (χ1) is 12.0. The molecule has 4 nitrogen and oxygen atoms in total.